The van der Waals surface area contributed by atoms with E-state index in [0.717, 1.165) is 31.4 Å². The Morgan fingerprint density at radius 2 is 2.00 bits per heavy atom. The summed E-state index contributed by atoms with van der Waals surface area (Å²) in [6.07, 6.45) is 1.77. The molecule has 0 atom stereocenters. The zero-order valence-corrected chi connectivity index (χ0v) is 13.2. The fourth-order valence-corrected chi connectivity index (χ4v) is 2.78. The first kappa shape index (κ1) is 12.6. The maximum absolute atomic E-state index is 6.05. The van der Waals surface area contributed by atoms with Crippen LogP contribution in [-0.4, -0.2) is 14.5 Å². The monoisotopic (exact) mass is 380 g/mol. The minimum absolute atomic E-state index is 0.426. The summed E-state index contributed by atoms with van der Waals surface area (Å²) in [6.45, 7) is 2.00. The summed E-state index contributed by atoms with van der Waals surface area (Å²) in [5.74, 6) is 0.426. The summed E-state index contributed by atoms with van der Waals surface area (Å²) in [7, 11) is 0. The van der Waals surface area contributed by atoms with E-state index in [9.17, 15) is 0 Å². The highest BCUT2D eigenvalue weighted by molar-refractivity contribution is 9.11. The maximum Gasteiger partial charge on any atom is 0.207 e. The number of hydrogen-bond acceptors (Lipinski definition) is 3. The van der Waals surface area contributed by atoms with Crippen LogP contribution in [0.5, 0.6) is 0 Å². The molecule has 0 aliphatic heterocycles. The van der Waals surface area contributed by atoms with E-state index in [1.54, 1.807) is 6.20 Å². The minimum atomic E-state index is 0.426. The molecule has 0 spiro atoms. The quantitative estimate of drug-likeness (QED) is 0.696. The minimum Gasteiger partial charge on any atom is -0.369 e. The predicted octanol–water partition coefficient (Wildman–Crippen LogP) is 3.84. The summed E-state index contributed by atoms with van der Waals surface area (Å²) in [6, 6.07) is 7.82. The third kappa shape index (κ3) is 2.04. The normalized spacial score (nSPS) is 11.1. The molecule has 3 aromatic rings. The van der Waals surface area contributed by atoms with Crippen molar-refractivity contribution in [2.45, 2.75) is 6.92 Å². The average Bonchev–Trinajstić information content (AvgIpc) is 2.70. The number of aryl methyl sites for hydroxylation is 1. The number of fused-ring (bicyclic) bond motifs is 1. The van der Waals surface area contributed by atoms with Crippen LogP contribution in [0.2, 0.25) is 0 Å². The van der Waals surface area contributed by atoms with E-state index in [1.165, 1.54) is 0 Å². The molecule has 0 bridgehead atoms. The van der Waals surface area contributed by atoms with Crippen molar-refractivity contribution in [3.63, 3.8) is 0 Å². The van der Waals surface area contributed by atoms with E-state index in [2.05, 4.69) is 41.8 Å². The summed E-state index contributed by atoms with van der Waals surface area (Å²) in [4.78, 5) is 8.80. The van der Waals surface area contributed by atoms with E-state index in [-0.39, 0.29) is 0 Å². The molecule has 2 heterocycles. The molecule has 2 aromatic heterocycles. The lowest BCUT2D eigenvalue weighted by Crippen LogP contribution is -2.02. The molecule has 6 heteroatoms. The first-order valence-electron chi connectivity index (χ1n) is 5.63. The Hall–Kier alpha value is -1.40. The Kier molecular flexibility index (Phi) is 3.06. The van der Waals surface area contributed by atoms with E-state index in [0.29, 0.717) is 5.95 Å². The second-order valence-corrected chi connectivity index (χ2v) is 5.97. The van der Waals surface area contributed by atoms with Gasteiger partial charge >= 0.3 is 0 Å². The van der Waals surface area contributed by atoms with Crippen LogP contribution in [0.1, 0.15) is 5.56 Å². The van der Waals surface area contributed by atoms with Crippen molar-refractivity contribution >= 4 is 49.0 Å². The number of nitrogen functional groups attached to an aromatic ring is 1. The third-order valence-electron chi connectivity index (χ3n) is 2.92. The molecule has 0 saturated carbocycles. The number of pyridine rings is 1. The molecular weight excluding hydrogens is 372 g/mol. The molecule has 0 fully saturated rings. The fourth-order valence-electron chi connectivity index (χ4n) is 2.01. The van der Waals surface area contributed by atoms with Gasteiger partial charge in [-0.25, -0.2) is 9.97 Å². The van der Waals surface area contributed by atoms with Crippen molar-refractivity contribution in [1.29, 1.82) is 0 Å². The zero-order valence-electron chi connectivity index (χ0n) is 10.1. The Balaban J connectivity index is 2.39. The molecule has 4 nitrogen and oxygen atoms in total. The lowest BCUT2D eigenvalue weighted by atomic mass is 10.2. The smallest absolute Gasteiger partial charge is 0.207 e. The first-order valence-corrected chi connectivity index (χ1v) is 7.21. The summed E-state index contributed by atoms with van der Waals surface area (Å²) in [5.41, 5.74) is 9.60. The van der Waals surface area contributed by atoms with Crippen LogP contribution in [0, 0.1) is 6.92 Å². The van der Waals surface area contributed by atoms with Crippen molar-refractivity contribution < 1.29 is 0 Å². The zero-order chi connectivity index (χ0) is 13.6. The molecule has 0 aliphatic carbocycles. The van der Waals surface area contributed by atoms with Crippen LogP contribution < -0.4 is 5.73 Å². The fraction of sp³-hybridized carbons (Fsp3) is 0.0769. The molecule has 0 saturated heterocycles. The second-order valence-electron chi connectivity index (χ2n) is 4.20. The number of rotatable bonds is 1. The maximum atomic E-state index is 6.05. The molecule has 96 valence electrons. The SMILES string of the molecule is Cc1ccnc2c1nc(N)n2-c1cc(Br)ccc1Br. The number of hydrogen-bond donors (Lipinski definition) is 1. The van der Waals surface area contributed by atoms with Gasteiger partial charge in [0.1, 0.15) is 5.52 Å². The number of anilines is 1. The number of imidazole rings is 1. The standard InChI is InChI=1S/C13H10Br2N4/c1-7-4-5-17-12-11(7)18-13(16)19(12)10-6-8(14)2-3-9(10)15/h2-6H,1H3,(H2,16,18). The molecular formula is C13H10Br2N4. The Morgan fingerprint density at radius 3 is 2.79 bits per heavy atom. The van der Waals surface area contributed by atoms with Crippen molar-refractivity contribution in [2.24, 2.45) is 0 Å². The van der Waals surface area contributed by atoms with Gasteiger partial charge in [0.25, 0.3) is 0 Å². The van der Waals surface area contributed by atoms with Gasteiger partial charge in [-0.05, 0) is 52.7 Å². The molecule has 19 heavy (non-hydrogen) atoms. The number of nitrogens with two attached hydrogens (primary N) is 1. The van der Waals surface area contributed by atoms with Crippen LogP contribution in [0.4, 0.5) is 5.95 Å². The molecule has 0 radical (unpaired) electrons. The molecule has 0 unspecified atom stereocenters. The number of benzene rings is 1. The van der Waals surface area contributed by atoms with Crippen LogP contribution >= 0.6 is 31.9 Å². The van der Waals surface area contributed by atoms with Gasteiger partial charge in [0.05, 0.1) is 5.69 Å². The van der Waals surface area contributed by atoms with Gasteiger partial charge in [-0.3, -0.25) is 4.57 Å². The van der Waals surface area contributed by atoms with Crippen molar-refractivity contribution in [3.8, 4) is 5.69 Å². The van der Waals surface area contributed by atoms with Gasteiger partial charge in [0.15, 0.2) is 5.65 Å². The van der Waals surface area contributed by atoms with Crippen LogP contribution in [0.25, 0.3) is 16.9 Å². The van der Waals surface area contributed by atoms with Crippen molar-refractivity contribution in [1.82, 2.24) is 14.5 Å². The highest BCUT2D eigenvalue weighted by atomic mass is 79.9. The van der Waals surface area contributed by atoms with E-state index in [4.69, 9.17) is 5.73 Å². The van der Waals surface area contributed by atoms with Crippen LogP contribution in [0.15, 0.2) is 39.4 Å². The van der Waals surface area contributed by atoms with Gasteiger partial charge in [0.2, 0.25) is 5.95 Å². The van der Waals surface area contributed by atoms with Crippen molar-refractivity contribution in [3.05, 3.63) is 45.0 Å². The predicted molar refractivity (Wildman–Crippen MR) is 83.4 cm³/mol. The Morgan fingerprint density at radius 1 is 1.21 bits per heavy atom. The van der Waals surface area contributed by atoms with E-state index in [1.807, 2.05) is 35.8 Å². The molecule has 2 N–H and O–H groups in total. The highest BCUT2D eigenvalue weighted by Crippen LogP contribution is 2.30. The highest BCUT2D eigenvalue weighted by Gasteiger charge is 2.14. The first-order chi connectivity index (χ1) is 9.08. The number of halogens is 2. The second kappa shape index (κ2) is 4.61. The lowest BCUT2D eigenvalue weighted by molar-refractivity contribution is 1.07. The van der Waals surface area contributed by atoms with Crippen molar-refractivity contribution in [2.75, 3.05) is 5.73 Å². The van der Waals surface area contributed by atoms with Crippen LogP contribution in [-0.2, 0) is 0 Å². The molecule has 1 aromatic carbocycles. The van der Waals surface area contributed by atoms with Gasteiger partial charge in [-0.1, -0.05) is 15.9 Å². The van der Waals surface area contributed by atoms with Gasteiger partial charge in [0, 0.05) is 15.1 Å². The Bertz CT molecular complexity index is 780. The third-order valence-corrected chi connectivity index (χ3v) is 4.09. The molecule has 0 aliphatic rings. The lowest BCUT2D eigenvalue weighted by Gasteiger charge is -2.08. The molecule has 0 amide bonds. The largest absolute Gasteiger partial charge is 0.369 e. The Labute approximate surface area is 126 Å². The van der Waals surface area contributed by atoms with Gasteiger partial charge in [-0.2, -0.15) is 0 Å². The average molecular weight is 382 g/mol. The van der Waals surface area contributed by atoms with Crippen LogP contribution in [0.3, 0.4) is 0 Å². The summed E-state index contributed by atoms with van der Waals surface area (Å²) >= 11 is 7.01. The summed E-state index contributed by atoms with van der Waals surface area (Å²) in [5, 5.41) is 0. The number of aromatic nitrogens is 3. The number of nitrogens with zero attached hydrogens (tertiary/aromatic N) is 3. The van der Waals surface area contributed by atoms with E-state index >= 15 is 0 Å². The summed E-state index contributed by atoms with van der Waals surface area (Å²) < 4.78 is 3.75. The molecule has 3 rings (SSSR count). The van der Waals surface area contributed by atoms with E-state index < -0.39 is 0 Å². The van der Waals surface area contributed by atoms with Gasteiger partial charge < -0.3 is 5.73 Å². The van der Waals surface area contributed by atoms with Gasteiger partial charge in [-0.15, -0.1) is 0 Å². The topological polar surface area (TPSA) is 56.7 Å².